The van der Waals surface area contributed by atoms with Crippen LogP contribution in [0.2, 0.25) is 0 Å². The number of halogens is 4. The quantitative estimate of drug-likeness (QED) is 0.311. The molecule has 4 nitrogen and oxygen atoms in total. The van der Waals surface area contributed by atoms with Gasteiger partial charge in [-0.25, -0.2) is 0 Å². The summed E-state index contributed by atoms with van der Waals surface area (Å²) in [6, 6.07) is 14.4. The predicted octanol–water partition coefficient (Wildman–Crippen LogP) is 5.17. The Morgan fingerprint density at radius 2 is 1.77 bits per heavy atom. The van der Waals surface area contributed by atoms with Gasteiger partial charge in [-0.1, -0.05) is 62.9 Å². The van der Waals surface area contributed by atoms with Crippen molar-refractivity contribution < 1.29 is 4.79 Å². The average molecular weight is 496 g/mol. The van der Waals surface area contributed by atoms with Gasteiger partial charge in [0.05, 0.1) is 0 Å². The van der Waals surface area contributed by atoms with Crippen LogP contribution in [0.25, 0.3) is 0 Å². The minimum absolute atomic E-state index is 0.211. The highest BCUT2D eigenvalue weighted by Gasteiger charge is 2.34. The van der Waals surface area contributed by atoms with Crippen LogP contribution in [0.1, 0.15) is 15.9 Å². The molecule has 0 radical (unpaired) electrons. The summed E-state index contributed by atoms with van der Waals surface area (Å²) < 4.78 is -0.961. The van der Waals surface area contributed by atoms with Crippen molar-refractivity contribution in [2.75, 3.05) is 5.32 Å². The fraction of sp³-hybridized carbons (Fsp3) is 0.176. The highest BCUT2D eigenvalue weighted by atomic mass is 79.9. The Labute approximate surface area is 180 Å². The van der Waals surface area contributed by atoms with E-state index in [4.69, 9.17) is 47.0 Å². The number of aryl methyl sites for hydroxylation is 1. The fourth-order valence-electron chi connectivity index (χ4n) is 2.04. The van der Waals surface area contributed by atoms with Crippen molar-refractivity contribution in [2.24, 2.45) is 0 Å². The second-order valence-corrected chi connectivity index (χ2v) is 9.12. The van der Waals surface area contributed by atoms with E-state index in [1.807, 2.05) is 31.2 Å². The number of carbonyl (C=O) groups is 1. The van der Waals surface area contributed by atoms with Crippen LogP contribution in [-0.4, -0.2) is 21.0 Å². The molecule has 2 rings (SSSR count). The predicted molar refractivity (Wildman–Crippen MR) is 116 cm³/mol. The first-order valence-electron chi connectivity index (χ1n) is 7.42. The monoisotopic (exact) mass is 493 g/mol. The van der Waals surface area contributed by atoms with E-state index in [9.17, 15) is 4.79 Å². The van der Waals surface area contributed by atoms with Gasteiger partial charge < -0.3 is 16.0 Å². The maximum Gasteiger partial charge on any atom is 0.252 e. The van der Waals surface area contributed by atoms with E-state index < -0.39 is 15.9 Å². The molecule has 9 heteroatoms. The van der Waals surface area contributed by atoms with Gasteiger partial charge in [0.1, 0.15) is 6.17 Å². The van der Waals surface area contributed by atoms with Gasteiger partial charge in [-0.05, 0) is 61.1 Å². The summed E-state index contributed by atoms with van der Waals surface area (Å²) >= 11 is 26.5. The third-order valence-corrected chi connectivity index (χ3v) is 4.66. The Hall–Kier alpha value is -1.05. The summed E-state index contributed by atoms with van der Waals surface area (Å²) in [5.74, 6) is -0.403. The van der Waals surface area contributed by atoms with Crippen molar-refractivity contribution >= 4 is 79.7 Å². The fourth-order valence-corrected chi connectivity index (χ4v) is 2.86. The highest BCUT2D eigenvalue weighted by Crippen LogP contribution is 2.29. The standard InChI is InChI=1S/C17H15BrCl3N3OS/c1-10-3-2-4-13(9-10)22-16(26)24-15(17(19,20)21)23-14(25)11-5-7-12(18)8-6-11/h2-9,15H,1H3,(H,23,25)(H2,22,24,26). The number of hydrogen-bond acceptors (Lipinski definition) is 2. The third-order valence-electron chi connectivity index (χ3n) is 3.26. The van der Waals surface area contributed by atoms with Crippen LogP contribution < -0.4 is 16.0 Å². The smallest absolute Gasteiger partial charge is 0.252 e. The van der Waals surface area contributed by atoms with E-state index >= 15 is 0 Å². The highest BCUT2D eigenvalue weighted by molar-refractivity contribution is 9.10. The van der Waals surface area contributed by atoms with Crippen LogP contribution in [0.3, 0.4) is 0 Å². The number of hydrogen-bond donors (Lipinski definition) is 3. The van der Waals surface area contributed by atoms with Crippen LogP contribution in [-0.2, 0) is 0 Å². The summed E-state index contributed by atoms with van der Waals surface area (Å²) in [5.41, 5.74) is 2.27. The maximum absolute atomic E-state index is 12.4. The molecule has 0 bridgehead atoms. The summed E-state index contributed by atoms with van der Waals surface area (Å²) in [5, 5.41) is 8.66. The number of nitrogens with one attached hydrogen (secondary N) is 3. The molecule has 0 aliphatic heterocycles. The molecule has 0 aliphatic carbocycles. The van der Waals surface area contributed by atoms with E-state index in [2.05, 4.69) is 31.9 Å². The van der Waals surface area contributed by atoms with Crippen molar-refractivity contribution in [1.82, 2.24) is 10.6 Å². The van der Waals surface area contributed by atoms with Crippen LogP contribution in [0.5, 0.6) is 0 Å². The van der Waals surface area contributed by atoms with Crippen molar-refractivity contribution in [2.45, 2.75) is 16.9 Å². The first kappa shape index (κ1) is 21.3. The molecule has 0 fully saturated rings. The van der Waals surface area contributed by atoms with Crippen molar-refractivity contribution in [1.29, 1.82) is 0 Å². The molecule has 2 aromatic rings. The largest absolute Gasteiger partial charge is 0.339 e. The topological polar surface area (TPSA) is 53.2 Å². The van der Waals surface area contributed by atoms with Gasteiger partial charge in [0, 0.05) is 15.7 Å². The molecular formula is C17H15BrCl3N3OS. The van der Waals surface area contributed by atoms with Gasteiger partial charge in [0.25, 0.3) is 5.91 Å². The Balaban J connectivity index is 2.06. The Kier molecular flexibility index (Phi) is 7.55. The lowest BCUT2D eigenvalue weighted by atomic mass is 10.2. The molecule has 2 aromatic carbocycles. The van der Waals surface area contributed by atoms with Crippen molar-refractivity contribution in [3.8, 4) is 0 Å². The van der Waals surface area contributed by atoms with Crippen molar-refractivity contribution in [3.05, 3.63) is 64.1 Å². The number of amides is 1. The lowest BCUT2D eigenvalue weighted by Crippen LogP contribution is -2.56. The number of alkyl halides is 3. The molecule has 138 valence electrons. The molecule has 0 saturated carbocycles. The molecule has 0 aromatic heterocycles. The number of carbonyl (C=O) groups excluding carboxylic acids is 1. The molecule has 26 heavy (non-hydrogen) atoms. The van der Waals surface area contributed by atoms with E-state index in [0.29, 0.717) is 5.56 Å². The average Bonchev–Trinajstić information content (AvgIpc) is 2.53. The molecule has 1 unspecified atom stereocenters. The Bertz CT molecular complexity index is 797. The number of anilines is 1. The minimum atomic E-state index is -1.82. The number of rotatable bonds is 4. The molecule has 1 atom stereocenters. The molecule has 0 heterocycles. The zero-order valence-electron chi connectivity index (χ0n) is 13.5. The van der Waals surface area contributed by atoms with Crippen molar-refractivity contribution in [3.63, 3.8) is 0 Å². The van der Waals surface area contributed by atoms with Gasteiger partial charge in [-0.3, -0.25) is 4.79 Å². The first-order chi connectivity index (χ1) is 12.1. The van der Waals surface area contributed by atoms with E-state index in [1.165, 1.54) is 0 Å². The summed E-state index contributed by atoms with van der Waals surface area (Å²) in [6.07, 6.45) is -1.03. The Morgan fingerprint density at radius 1 is 1.12 bits per heavy atom. The first-order valence-corrected chi connectivity index (χ1v) is 9.76. The molecule has 0 saturated heterocycles. The van der Waals surface area contributed by atoms with Crippen LogP contribution in [0, 0.1) is 6.92 Å². The molecule has 0 aliphatic rings. The van der Waals surface area contributed by atoms with Crippen LogP contribution >= 0.6 is 63.0 Å². The second-order valence-electron chi connectivity index (χ2n) is 5.42. The minimum Gasteiger partial charge on any atom is -0.339 e. The normalized spacial score (nSPS) is 12.2. The number of thiocarbonyl (C=S) groups is 1. The van der Waals surface area contributed by atoms with Gasteiger partial charge in [-0.15, -0.1) is 0 Å². The molecular weight excluding hydrogens is 481 g/mol. The third kappa shape index (κ3) is 6.59. The molecule has 3 N–H and O–H groups in total. The lowest BCUT2D eigenvalue weighted by molar-refractivity contribution is 0.0934. The van der Waals surface area contributed by atoms with Gasteiger partial charge in [0.2, 0.25) is 3.79 Å². The summed E-state index contributed by atoms with van der Waals surface area (Å²) in [4.78, 5) is 12.4. The second kappa shape index (κ2) is 9.24. The Morgan fingerprint density at radius 3 is 2.35 bits per heavy atom. The summed E-state index contributed by atoms with van der Waals surface area (Å²) in [6.45, 7) is 1.96. The van der Waals surface area contributed by atoms with Gasteiger partial charge in [0.15, 0.2) is 5.11 Å². The lowest BCUT2D eigenvalue weighted by Gasteiger charge is -2.27. The van der Waals surface area contributed by atoms with Crippen LogP contribution in [0.15, 0.2) is 53.0 Å². The maximum atomic E-state index is 12.4. The molecule has 0 spiro atoms. The van der Waals surface area contributed by atoms with Gasteiger partial charge in [-0.2, -0.15) is 0 Å². The number of benzene rings is 2. The van der Waals surface area contributed by atoms with Gasteiger partial charge >= 0.3 is 0 Å². The summed E-state index contributed by atoms with van der Waals surface area (Å²) in [7, 11) is 0. The zero-order valence-corrected chi connectivity index (χ0v) is 18.2. The zero-order chi connectivity index (χ0) is 19.3. The van der Waals surface area contributed by atoms with E-state index in [1.54, 1.807) is 24.3 Å². The molecule has 1 amide bonds. The van der Waals surface area contributed by atoms with E-state index in [0.717, 1.165) is 15.7 Å². The van der Waals surface area contributed by atoms with E-state index in [-0.39, 0.29) is 5.11 Å². The van der Waals surface area contributed by atoms with Crippen LogP contribution in [0.4, 0.5) is 5.69 Å². The SMILES string of the molecule is Cc1cccc(NC(=S)NC(NC(=O)c2ccc(Br)cc2)C(Cl)(Cl)Cl)c1.